The average molecular weight is 510 g/mol. The Morgan fingerprint density at radius 1 is 1.12 bits per heavy atom. The van der Waals surface area contributed by atoms with Crippen molar-refractivity contribution in [1.82, 2.24) is 0 Å². The fourth-order valence-corrected chi connectivity index (χ4v) is 6.43. The van der Waals surface area contributed by atoms with Crippen LogP contribution in [-0.2, 0) is 10.8 Å². The number of nitriles is 1. The summed E-state index contributed by atoms with van der Waals surface area (Å²) in [5.41, 5.74) is 1.78. The molecule has 2 aromatic carbocycles. The lowest BCUT2D eigenvalue weighted by atomic mass is 9.74. The van der Waals surface area contributed by atoms with Crippen molar-refractivity contribution >= 4 is 19.9 Å². The lowest BCUT2D eigenvalue weighted by molar-refractivity contribution is -0.0900. The van der Waals surface area contributed by atoms with E-state index in [0.717, 1.165) is 12.1 Å². The fraction of sp³-hybridized carbons (Fsp3) is 0.500. The van der Waals surface area contributed by atoms with Gasteiger partial charge in [-0.1, -0.05) is 38.4 Å². The van der Waals surface area contributed by atoms with Gasteiger partial charge in [0.25, 0.3) is 5.92 Å². The Morgan fingerprint density at radius 2 is 1.79 bits per heavy atom. The van der Waals surface area contributed by atoms with E-state index in [1.165, 1.54) is 0 Å². The molecular weight excluding hydrogens is 482 g/mol. The number of benzene rings is 2. The monoisotopic (exact) mass is 509 g/mol. The van der Waals surface area contributed by atoms with Crippen LogP contribution in [0.25, 0.3) is 0 Å². The number of hydrogen-bond donors (Lipinski definition) is 0. The molecule has 0 spiro atoms. The standard InChI is InChI=1S/C26H28ClF4NOSi/c1-25(2,3)34(4,5)33-24-23-19(12-26(24,30)31)16(6-8-20(23)27)17-7-9-21(29)18-11-15(28)10-14(13-32)22(17)18/h6,8,10-11,17,21,24H,7,9,12H2,1-5H3/t17?,21-,24?/m0/s1. The van der Waals surface area contributed by atoms with E-state index >= 15 is 8.78 Å². The maximum Gasteiger partial charge on any atom is 0.280 e. The first-order chi connectivity index (χ1) is 15.7. The van der Waals surface area contributed by atoms with Gasteiger partial charge in [-0.2, -0.15) is 5.26 Å². The Bertz CT molecular complexity index is 1180. The molecule has 0 saturated carbocycles. The van der Waals surface area contributed by atoms with Gasteiger partial charge < -0.3 is 4.43 Å². The summed E-state index contributed by atoms with van der Waals surface area (Å²) >= 11 is 6.49. The first-order valence-electron chi connectivity index (χ1n) is 11.4. The molecule has 34 heavy (non-hydrogen) atoms. The van der Waals surface area contributed by atoms with Gasteiger partial charge in [-0.3, -0.25) is 0 Å². The van der Waals surface area contributed by atoms with Crippen LogP contribution in [0, 0.1) is 17.1 Å². The molecule has 3 atom stereocenters. The average Bonchev–Trinajstić information content (AvgIpc) is 2.98. The summed E-state index contributed by atoms with van der Waals surface area (Å²) in [6.07, 6.45) is -3.00. The third-order valence-corrected chi connectivity index (χ3v) is 12.5. The molecule has 0 aliphatic heterocycles. The van der Waals surface area contributed by atoms with Gasteiger partial charge in [0.15, 0.2) is 8.32 Å². The van der Waals surface area contributed by atoms with Crippen molar-refractivity contribution in [2.45, 2.75) is 82.3 Å². The summed E-state index contributed by atoms with van der Waals surface area (Å²) in [7, 11) is -2.57. The first-order valence-corrected chi connectivity index (χ1v) is 14.7. The highest BCUT2D eigenvalue weighted by Crippen LogP contribution is 2.55. The Balaban J connectivity index is 1.88. The van der Waals surface area contributed by atoms with Gasteiger partial charge in [-0.25, -0.2) is 17.6 Å². The SMILES string of the molecule is CC(C)(C)[Si](C)(C)OC1c2c(Cl)ccc(C3CC[C@H](F)c4cc(F)cc(C#N)c43)c2CC1(F)F. The van der Waals surface area contributed by atoms with Gasteiger partial charge in [-0.15, -0.1) is 0 Å². The number of alkyl halides is 3. The van der Waals surface area contributed by atoms with Crippen LogP contribution in [0.4, 0.5) is 17.6 Å². The largest absolute Gasteiger partial charge is 0.404 e. The predicted octanol–water partition coefficient (Wildman–Crippen LogP) is 8.54. The molecular formula is C26H28ClF4NOSi. The van der Waals surface area contributed by atoms with Crippen molar-refractivity contribution in [2.24, 2.45) is 0 Å². The Morgan fingerprint density at radius 3 is 2.41 bits per heavy atom. The van der Waals surface area contributed by atoms with Gasteiger partial charge in [0.05, 0.1) is 11.6 Å². The molecule has 0 amide bonds. The van der Waals surface area contributed by atoms with E-state index in [0.29, 0.717) is 23.1 Å². The second kappa shape index (κ2) is 8.36. The minimum atomic E-state index is -3.17. The number of hydrogen-bond acceptors (Lipinski definition) is 2. The molecule has 0 radical (unpaired) electrons. The normalized spacial score (nSPS) is 23.9. The van der Waals surface area contributed by atoms with Crippen molar-refractivity contribution in [3.8, 4) is 6.07 Å². The maximum atomic E-state index is 15.5. The number of nitrogens with zero attached hydrogens (tertiary/aromatic N) is 1. The summed E-state index contributed by atoms with van der Waals surface area (Å²) < 4.78 is 66.0. The number of halogens is 5. The van der Waals surface area contributed by atoms with E-state index in [4.69, 9.17) is 16.0 Å². The summed E-state index contributed by atoms with van der Waals surface area (Å²) in [5, 5.41) is 9.57. The molecule has 4 rings (SSSR count). The molecule has 2 aliphatic carbocycles. The van der Waals surface area contributed by atoms with Crippen molar-refractivity contribution in [3.63, 3.8) is 0 Å². The van der Waals surface area contributed by atoms with Crippen molar-refractivity contribution in [2.75, 3.05) is 0 Å². The van der Waals surface area contributed by atoms with Crippen LogP contribution in [0.3, 0.4) is 0 Å². The van der Waals surface area contributed by atoms with E-state index in [1.807, 2.05) is 39.9 Å². The Labute approximate surface area is 204 Å². The molecule has 0 saturated heterocycles. The van der Waals surface area contributed by atoms with Crippen LogP contribution in [-0.4, -0.2) is 14.2 Å². The first kappa shape index (κ1) is 25.2. The lowest BCUT2D eigenvalue weighted by Crippen LogP contribution is -2.44. The molecule has 0 bridgehead atoms. The molecule has 2 unspecified atom stereocenters. The molecule has 182 valence electrons. The second-order valence-corrected chi connectivity index (χ2v) is 16.1. The highest BCUT2D eigenvalue weighted by atomic mass is 35.5. The van der Waals surface area contributed by atoms with Gasteiger partial charge in [0.2, 0.25) is 0 Å². The quantitative estimate of drug-likeness (QED) is 0.307. The topological polar surface area (TPSA) is 33.0 Å². The van der Waals surface area contributed by atoms with Crippen molar-refractivity contribution in [3.05, 3.63) is 68.5 Å². The third kappa shape index (κ3) is 4.08. The number of fused-ring (bicyclic) bond motifs is 2. The molecule has 2 aliphatic rings. The summed E-state index contributed by atoms with van der Waals surface area (Å²) in [4.78, 5) is 0. The highest BCUT2D eigenvalue weighted by Gasteiger charge is 2.54. The van der Waals surface area contributed by atoms with Crippen LogP contribution in [0.15, 0.2) is 24.3 Å². The van der Waals surface area contributed by atoms with Crippen molar-refractivity contribution in [1.29, 1.82) is 5.26 Å². The predicted molar refractivity (Wildman–Crippen MR) is 127 cm³/mol. The molecule has 0 N–H and O–H groups in total. The van der Waals surface area contributed by atoms with E-state index in [2.05, 4.69) is 0 Å². The van der Waals surface area contributed by atoms with E-state index in [1.54, 1.807) is 12.1 Å². The Kier molecular flexibility index (Phi) is 6.20. The van der Waals surface area contributed by atoms with E-state index in [-0.39, 0.29) is 33.2 Å². The molecule has 0 aromatic heterocycles. The molecule has 2 nitrogen and oxygen atoms in total. The van der Waals surface area contributed by atoms with E-state index in [9.17, 15) is 14.0 Å². The zero-order chi connectivity index (χ0) is 25.2. The smallest absolute Gasteiger partial charge is 0.280 e. The van der Waals surface area contributed by atoms with Gasteiger partial charge in [-0.05, 0) is 71.4 Å². The van der Waals surface area contributed by atoms with Crippen LogP contribution < -0.4 is 0 Å². The van der Waals surface area contributed by atoms with Crippen LogP contribution in [0.5, 0.6) is 0 Å². The summed E-state index contributed by atoms with van der Waals surface area (Å²) in [5.74, 6) is -4.36. The molecule has 0 heterocycles. The van der Waals surface area contributed by atoms with Crippen LogP contribution >= 0.6 is 11.6 Å². The van der Waals surface area contributed by atoms with Crippen LogP contribution in [0.1, 0.15) is 85.2 Å². The lowest BCUT2D eigenvalue weighted by Gasteiger charge is -2.40. The highest BCUT2D eigenvalue weighted by molar-refractivity contribution is 6.74. The van der Waals surface area contributed by atoms with Crippen LogP contribution in [0.2, 0.25) is 23.2 Å². The van der Waals surface area contributed by atoms with Gasteiger partial charge >= 0.3 is 0 Å². The van der Waals surface area contributed by atoms with E-state index < -0.39 is 44.7 Å². The molecule has 2 aromatic rings. The minimum absolute atomic E-state index is 0.0323. The fourth-order valence-electron chi connectivity index (χ4n) is 4.92. The second-order valence-electron chi connectivity index (χ2n) is 10.9. The maximum absolute atomic E-state index is 15.5. The van der Waals surface area contributed by atoms with Gasteiger partial charge in [0.1, 0.15) is 18.1 Å². The molecule has 0 fully saturated rings. The van der Waals surface area contributed by atoms with Gasteiger partial charge in [0, 0.05) is 22.9 Å². The zero-order valence-electron chi connectivity index (χ0n) is 19.9. The minimum Gasteiger partial charge on any atom is -0.404 e. The Hall–Kier alpha value is -1.88. The number of rotatable bonds is 3. The summed E-state index contributed by atoms with van der Waals surface area (Å²) in [6.45, 7) is 9.80. The zero-order valence-corrected chi connectivity index (χ0v) is 21.7. The van der Waals surface area contributed by atoms with Crippen molar-refractivity contribution < 1.29 is 22.0 Å². The summed E-state index contributed by atoms with van der Waals surface area (Å²) in [6, 6.07) is 7.42. The molecule has 8 heteroatoms. The third-order valence-electron chi connectivity index (χ3n) is 7.68.